The summed E-state index contributed by atoms with van der Waals surface area (Å²) in [4.78, 5) is 0. The van der Waals surface area contributed by atoms with Crippen molar-refractivity contribution in [2.45, 2.75) is 116 Å². The van der Waals surface area contributed by atoms with E-state index < -0.39 is 0 Å². The van der Waals surface area contributed by atoms with Crippen LogP contribution < -0.4 is 4.74 Å². The molecular formula is C28H46O. The Hall–Kier alpha value is -0.980. The Labute approximate surface area is 181 Å². The Morgan fingerprint density at radius 2 is 1.38 bits per heavy atom. The molecule has 3 rings (SSSR count). The van der Waals surface area contributed by atoms with E-state index in [1.807, 2.05) is 0 Å². The number of benzene rings is 1. The van der Waals surface area contributed by atoms with E-state index in [0.29, 0.717) is 0 Å². The summed E-state index contributed by atoms with van der Waals surface area (Å²) >= 11 is 0. The van der Waals surface area contributed by atoms with Crippen molar-refractivity contribution in [3.8, 4) is 5.75 Å². The van der Waals surface area contributed by atoms with Gasteiger partial charge in [0.05, 0.1) is 6.61 Å². The molecule has 0 spiro atoms. The number of rotatable bonds is 11. The van der Waals surface area contributed by atoms with Crippen LogP contribution in [0, 0.1) is 17.8 Å². The Morgan fingerprint density at radius 3 is 2.00 bits per heavy atom. The van der Waals surface area contributed by atoms with Gasteiger partial charge < -0.3 is 4.74 Å². The number of hydrogen-bond donors (Lipinski definition) is 0. The van der Waals surface area contributed by atoms with Crippen LogP contribution in [0.5, 0.6) is 5.75 Å². The molecule has 29 heavy (non-hydrogen) atoms. The molecule has 0 aliphatic heterocycles. The molecular weight excluding hydrogens is 352 g/mol. The van der Waals surface area contributed by atoms with Crippen LogP contribution in [0.15, 0.2) is 24.3 Å². The molecule has 0 amide bonds. The Bertz CT molecular complexity index is 540. The van der Waals surface area contributed by atoms with Crippen LogP contribution in [0.1, 0.15) is 122 Å². The molecule has 2 unspecified atom stereocenters. The molecule has 164 valence electrons. The zero-order chi connectivity index (χ0) is 20.3. The van der Waals surface area contributed by atoms with E-state index in [1.165, 1.54) is 102 Å². The predicted molar refractivity (Wildman–Crippen MR) is 126 cm³/mol. The summed E-state index contributed by atoms with van der Waals surface area (Å²) in [5.41, 5.74) is 1.54. The second-order valence-corrected chi connectivity index (χ2v) is 10.0. The summed E-state index contributed by atoms with van der Waals surface area (Å²) in [7, 11) is 0. The van der Waals surface area contributed by atoms with Crippen molar-refractivity contribution in [1.82, 2.24) is 0 Å². The zero-order valence-electron chi connectivity index (χ0n) is 19.3. The van der Waals surface area contributed by atoms with Gasteiger partial charge in [-0.2, -0.15) is 0 Å². The third-order valence-electron chi connectivity index (χ3n) is 7.88. The molecule has 0 heterocycles. The Morgan fingerprint density at radius 1 is 0.724 bits per heavy atom. The molecule has 1 nitrogen and oxygen atoms in total. The average molecular weight is 399 g/mol. The smallest absolute Gasteiger partial charge is 0.119 e. The largest absolute Gasteiger partial charge is 0.494 e. The van der Waals surface area contributed by atoms with Crippen molar-refractivity contribution in [2.75, 3.05) is 6.61 Å². The lowest BCUT2D eigenvalue weighted by Gasteiger charge is -2.31. The first-order chi connectivity index (χ1) is 14.3. The van der Waals surface area contributed by atoms with Crippen molar-refractivity contribution in [3.63, 3.8) is 0 Å². The van der Waals surface area contributed by atoms with E-state index in [1.54, 1.807) is 0 Å². The van der Waals surface area contributed by atoms with E-state index in [0.717, 1.165) is 36.0 Å². The summed E-state index contributed by atoms with van der Waals surface area (Å²) in [5.74, 6) is 4.80. The second kappa shape index (κ2) is 12.7. The standard InChI is InChI=1S/C28H46O/c1-3-5-10-24-11-6-7-12-25(24)13-8-22-29-28-20-18-27(19-21-28)26-16-14-23(9-4-2)15-17-26/h18-21,23-26H,3-17,22H2,1-2H3. The maximum atomic E-state index is 6.10. The van der Waals surface area contributed by atoms with Gasteiger partial charge in [-0.15, -0.1) is 0 Å². The van der Waals surface area contributed by atoms with Gasteiger partial charge in [-0.25, -0.2) is 0 Å². The summed E-state index contributed by atoms with van der Waals surface area (Å²) in [6, 6.07) is 9.11. The van der Waals surface area contributed by atoms with Crippen LogP contribution in [-0.4, -0.2) is 6.61 Å². The van der Waals surface area contributed by atoms with Crippen LogP contribution in [0.3, 0.4) is 0 Å². The molecule has 0 radical (unpaired) electrons. The molecule has 1 aromatic carbocycles. The summed E-state index contributed by atoms with van der Waals surface area (Å²) in [6.45, 7) is 5.54. The average Bonchev–Trinajstić information content (AvgIpc) is 2.77. The van der Waals surface area contributed by atoms with Gasteiger partial charge in [-0.1, -0.05) is 83.8 Å². The molecule has 2 fully saturated rings. The van der Waals surface area contributed by atoms with E-state index in [4.69, 9.17) is 4.74 Å². The zero-order valence-corrected chi connectivity index (χ0v) is 19.3. The van der Waals surface area contributed by atoms with Crippen molar-refractivity contribution >= 4 is 0 Å². The quantitative estimate of drug-likeness (QED) is 0.338. The third-order valence-corrected chi connectivity index (χ3v) is 7.88. The third kappa shape index (κ3) is 7.34. The normalized spacial score (nSPS) is 27.7. The molecule has 2 atom stereocenters. The number of unbranched alkanes of at least 4 members (excludes halogenated alkanes) is 1. The van der Waals surface area contributed by atoms with E-state index in [9.17, 15) is 0 Å². The van der Waals surface area contributed by atoms with Gasteiger partial charge in [0.2, 0.25) is 0 Å². The molecule has 1 aromatic rings. The number of hydrogen-bond acceptors (Lipinski definition) is 1. The van der Waals surface area contributed by atoms with E-state index in [-0.39, 0.29) is 0 Å². The van der Waals surface area contributed by atoms with Crippen molar-refractivity contribution < 1.29 is 4.74 Å². The molecule has 2 aliphatic carbocycles. The van der Waals surface area contributed by atoms with Gasteiger partial charge in [0.15, 0.2) is 0 Å². The molecule has 0 aromatic heterocycles. The minimum absolute atomic E-state index is 0.781. The molecule has 0 saturated heterocycles. The maximum Gasteiger partial charge on any atom is 0.119 e. The lowest BCUT2D eigenvalue weighted by Crippen LogP contribution is -2.20. The van der Waals surface area contributed by atoms with Gasteiger partial charge in [-0.05, 0) is 79.9 Å². The first-order valence-corrected chi connectivity index (χ1v) is 13.0. The highest BCUT2D eigenvalue weighted by atomic mass is 16.5. The van der Waals surface area contributed by atoms with Gasteiger partial charge in [0, 0.05) is 0 Å². The summed E-state index contributed by atoms with van der Waals surface area (Å²) in [6.07, 6.45) is 21.1. The highest BCUT2D eigenvalue weighted by Crippen LogP contribution is 2.38. The maximum absolute atomic E-state index is 6.10. The Balaban J connectivity index is 1.36. The first-order valence-electron chi connectivity index (χ1n) is 13.0. The molecule has 0 bridgehead atoms. The molecule has 1 heteroatoms. The summed E-state index contributed by atoms with van der Waals surface area (Å²) < 4.78 is 6.10. The van der Waals surface area contributed by atoms with Crippen LogP contribution in [0.4, 0.5) is 0 Å². The highest BCUT2D eigenvalue weighted by Gasteiger charge is 2.24. The topological polar surface area (TPSA) is 9.23 Å². The fraction of sp³-hybridized carbons (Fsp3) is 0.786. The fourth-order valence-corrected chi connectivity index (χ4v) is 6.08. The van der Waals surface area contributed by atoms with Crippen molar-refractivity contribution in [3.05, 3.63) is 29.8 Å². The monoisotopic (exact) mass is 398 g/mol. The van der Waals surface area contributed by atoms with Gasteiger partial charge in [-0.3, -0.25) is 0 Å². The number of ether oxygens (including phenoxy) is 1. The SMILES string of the molecule is CCCCC1CCCCC1CCCOc1ccc(C2CCC(CCC)CC2)cc1. The molecule has 2 saturated carbocycles. The van der Waals surface area contributed by atoms with Gasteiger partial charge in [0.25, 0.3) is 0 Å². The van der Waals surface area contributed by atoms with Crippen LogP contribution in [0.2, 0.25) is 0 Å². The molecule has 2 aliphatic rings. The summed E-state index contributed by atoms with van der Waals surface area (Å²) in [5, 5.41) is 0. The predicted octanol–water partition coefficient (Wildman–Crippen LogP) is 8.92. The minimum atomic E-state index is 0.781. The van der Waals surface area contributed by atoms with Crippen molar-refractivity contribution in [1.29, 1.82) is 0 Å². The lowest BCUT2D eigenvalue weighted by atomic mass is 9.75. The second-order valence-electron chi connectivity index (χ2n) is 10.0. The fourth-order valence-electron chi connectivity index (χ4n) is 6.08. The highest BCUT2D eigenvalue weighted by molar-refractivity contribution is 5.29. The van der Waals surface area contributed by atoms with E-state index in [2.05, 4.69) is 38.1 Å². The van der Waals surface area contributed by atoms with E-state index >= 15 is 0 Å². The van der Waals surface area contributed by atoms with Crippen LogP contribution in [0.25, 0.3) is 0 Å². The molecule has 0 N–H and O–H groups in total. The van der Waals surface area contributed by atoms with Crippen LogP contribution >= 0.6 is 0 Å². The Kier molecular flexibility index (Phi) is 9.91. The van der Waals surface area contributed by atoms with Gasteiger partial charge >= 0.3 is 0 Å². The van der Waals surface area contributed by atoms with Gasteiger partial charge in [0.1, 0.15) is 5.75 Å². The van der Waals surface area contributed by atoms with Crippen LogP contribution in [-0.2, 0) is 0 Å². The lowest BCUT2D eigenvalue weighted by molar-refractivity contribution is 0.191. The minimum Gasteiger partial charge on any atom is -0.494 e. The van der Waals surface area contributed by atoms with Crippen molar-refractivity contribution in [2.24, 2.45) is 17.8 Å². The first kappa shape index (κ1) is 22.7.